The van der Waals surface area contributed by atoms with E-state index in [9.17, 15) is 52.9 Å². The first-order valence-electron chi connectivity index (χ1n) is 20.3. The van der Waals surface area contributed by atoms with E-state index in [2.05, 4.69) is 10.6 Å². The van der Waals surface area contributed by atoms with Crippen LogP contribution in [0.4, 0.5) is 8.78 Å². The third kappa shape index (κ3) is 12.5. The molecule has 4 amide bonds. The van der Waals surface area contributed by atoms with Crippen LogP contribution in [0.5, 0.6) is 0 Å². The van der Waals surface area contributed by atoms with Crippen molar-refractivity contribution in [1.29, 1.82) is 0 Å². The highest BCUT2D eigenvalue weighted by Gasteiger charge is 2.40. The number of hydrogen-bond acceptors (Lipinski definition) is 9. The smallest absolute Gasteiger partial charge is 0.337 e. The first-order valence-corrected chi connectivity index (χ1v) is 20.3. The van der Waals surface area contributed by atoms with Gasteiger partial charge in [0.2, 0.25) is 23.6 Å². The number of likely N-dealkylation sites (tertiary alicyclic amines) is 2. The minimum atomic E-state index is -1.81. The van der Waals surface area contributed by atoms with E-state index in [4.69, 9.17) is 4.74 Å². The maximum absolute atomic E-state index is 14.1. The van der Waals surface area contributed by atoms with E-state index >= 15 is 0 Å². The molecule has 0 aliphatic carbocycles. The van der Waals surface area contributed by atoms with Gasteiger partial charge in [0.1, 0.15) is 23.7 Å². The van der Waals surface area contributed by atoms with Crippen molar-refractivity contribution in [2.24, 2.45) is 0 Å². The molecule has 2 aliphatic heterocycles. The first kappa shape index (κ1) is 46.5. The maximum Gasteiger partial charge on any atom is 0.337 e. The summed E-state index contributed by atoms with van der Waals surface area (Å²) in [6, 6.07) is 26.4. The highest BCUT2D eigenvalue weighted by Crippen LogP contribution is 2.25. The van der Waals surface area contributed by atoms with Crippen LogP contribution in [0.25, 0.3) is 0 Å². The van der Waals surface area contributed by atoms with Crippen LogP contribution in [-0.2, 0) is 59.4 Å². The number of aliphatic hydroxyl groups is 2. The lowest BCUT2D eigenvalue weighted by atomic mass is 10.0. The fourth-order valence-electron chi connectivity index (χ4n) is 7.37. The number of nitrogens with zero attached hydrogens (tertiary/aromatic N) is 2. The number of benzene rings is 4. The van der Waals surface area contributed by atoms with Crippen LogP contribution < -0.4 is 10.6 Å². The SMILES string of the molecule is CCOC(=O)C(O)C(Cc1ccccc1)NC(=O)[C@H]1CCC(=O)N1Cc1ccccc1F.O=C(O)C(O)C(Cc1ccccc1)NC(=O)[C@H]1CCC(=O)N1Cc1ccccc1F. The van der Waals surface area contributed by atoms with Crippen molar-refractivity contribution in [3.8, 4) is 0 Å². The number of nitrogens with one attached hydrogen (secondary N) is 2. The number of carbonyl (C=O) groups excluding carboxylic acids is 5. The van der Waals surface area contributed by atoms with Gasteiger partial charge in [-0.05, 0) is 55.9 Å². The van der Waals surface area contributed by atoms with Crippen LogP contribution in [0.1, 0.15) is 54.9 Å². The van der Waals surface area contributed by atoms with Crippen molar-refractivity contribution < 1.29 is 57.6 Å². The van der Waals surface area contributed by atoms with E-state index in [0.29, 0.717) is 5.56 Å². The van der Waals surface area contributed by atoms with E-state index in [-0.39, 0.29) is 75.6 Å². The standard InChI is InChI=1S/C24H27FN2O5.C22H23FN2O5/c1-2-32-24(31)22(29)19(14-16-8-4-3-5-9-16)26-23(30)20-12-13-21(28)27(20)15-17-10-6-7-11-18(17)25;23-16-9-5-4-8-15(16)13-25-18(10-11-19(25)26)21(28)24-17(20(27)22(29)30)12-14-6-2-1-3-7-14/h3-11,19-20,22,29H,2,12-15H2,1H3,(H,26,30);1-9,17-18,20,27H,10-13H2,(H,24,28)(H,29,30)/t19?,20-,22?;17?,18-,20?/m11/s1. The van der Waals surface area contributed by atoms with Gasteiger partial charge in [-0.1, -0.05) is 97.1 Å². The Bertz CT molecular complexity index is 2180. The molecule has 4 aromatic carbocycles. The average Bonchev–Trinajstić information content (AvgIpc) is 3.82. The first-order chi connectivity index (χ1) is 29.8. The molecule has 14 nitrogen and oxygen atoms in total. The Morgan fingerprint density at radius 2 is 1.03 bits per heavy atom. The quantitative estimate of drug-likeness (QED) is 0.0980. The van der Waals surface area contributed by atoms with Crippen LogP contribution in [0, 0.1) is 11.6 Å². The van der Waals surface area contributed by atoms with Crippen molar-refractivity contribution in [3.05, 3.63) is 143 Å². The Balaban J connectivity index is 0.000000235. The minimum absolute atomic E-state index is 0.0343. The highest BCUT2D eigenvalue weighted by atomic mass is 19.1. The summed E-state index contributed by atoms with van der Waals surface area (Å²) in [5.41, 5.74) is 2.16. The summed E-state index contributed by atoms with van der Waals surface area (Å²) in [7, 11) is 0. The average molecular weight is 857 g/mol. The fourth-order valence-corrected chi connectivity index (χ4v) is 7.37. The second-order valence-corrected chi connectivity index (χ2v) is 14.9. The van der Waals surface area contributed by atoms with Gasteiger partial charge in [0.05, 0.1) is 18.7 Å². The van der Waals surface area contributed by atoms with Gasteiger partial charge < -0.3 is 40.5 Å². The van der Waals surface area contributed by atoms with E-state index in [0.717, 1.165) is 11.1 Å². The van der Waals surface area contributed by atoms with Crippen LogP contribution in [-0.4, -0.2) is 104 Å². The molecule has 4 aromatic rings. The predicted octanol–water partition coefficient (Wildman–Crippen LogP) is 3.46. The molecule has 328 valence electrons. The summed E-state index contributed by atoms with van der Waals surface area (Å²) < 4.78 is 33.0. The van der Waals surface area contributed by atoms with Gasteiger partial charge in [0.25, 0.3) is 0 Å². The van der Waals surface area contributed by atoms with Gasteiger partial charge in [-0.15, -0.1) is 0 Å². The lowest BCUT2D eigenvalue weighted by Crippen LogP contribution is -2.54. The third-order valence-corrected chi connectivity index (χ3v) is 10.7. The molecular weight excluding hydrogens is 807 g/mol. The normalized spacial score (nSPS) is 17.9. The number of esters is 1. The van der Waals surface area contributed by atoms with Crippen molar-refractivity contribution in [3.63, 3.8) is 0 Å². The molecule has 0 radical (unpaired) electrons. The predicted molar refractivity (Wildman–Crippen MR) is 220 cm³/mol. The number of aliphatic hydroxyl groups excluding tert-OH is 2. The molecule has 5 N–H and O–H groups in total. The third-order valence-electron chi connectivity index (χ3n) is 10.7. The molecule has 6 atom stereocenters. The summed E-state index contributed by atoms with van der Waals surface area (Å²) in [4.78, 5) is 76.8. The van der Waals surface area contributed by atoms with E-state index < -0.39 is 71.8 Å². The largest absolute Gasteiger partial charge is 0.479 e. The Morgan fingerprint density at radius 1 is 0.645 bits per heavy atom. The maximum atomic E-state index is 14.1. The Labute approximate surface area is 357 Å². The van der Waals surface area contributed by atoms with Crippen LogP contribution >= 0.6 is 0 Å². The van der Waals surface area contributed by atoms with E-state index in [1.54, 1.807) is 67.6 Å². The topological polar surface area (TPSA) is 203 Å². The van der Waals surface area contributed by atoms with Gasteiger partial charge in [0.15, 0.2) is 12.2 Å². The second kappa shape index (κ2) is 22.4. The number of ether oxygens (including phenoxy) is 1. The Morgan fingerprint density at radius 3 is 1.42 bits per heavy atom. The van der Waals surface area contributed by atoms with Crippen molar-refractivity contribution >= 4 is 35.6 Å². The number of aliphatic carboxylic acids is 1. The number of amides is 4. The summed E-state index contributed by atoms with van der Waals surface area (Å²) in [5, 5.41) is 35.1. The van der Waals surface area contributed by atoms with Crippen molar-refractivity contribution in [2.75, 3.05) is 6.61 Å². The zero-order valence-corrected chi connectivity index (χ0v) is 34.1. The highest BCUT2D eigenvalue weighted by molar-refractivity contribution is 5.92. The molecule has 16 heteroatoms. The van der Waals surface area contributed by atoms with Gasteiger partial charge in [-0.3, -0.25) is 19.2 Å². The van der Waals surface area contributed by atoms with Crippen LogP contribution in [0.2, 0.25) is 0 Å². The van der Waals surface area contributed by atoms with E-state index in [1.807, 2.05) is 30.3 Å². The molecule has 0 saturated carbocycles. The molecule has 2 aliphatic rings. The monoisotopic (exact) mass is 856 g/mol. The molecule has 62 heavy (non-hydrogen) atoms. The summed E-state index contributed by atoms with van der Waals surface area (Å²) in [5.74, 6) is -4.82. The van der Waals surface area contributed by atoms with Gasteiger partial charge in [0, 0.05) is 37.1 Å². The van der Waals surface area contributed by atoms with Crippen molar-refractivity contribution in [2.45, 2.75) is 94.9 Å². The minimum Gasteiger partial charge on any atom is -0.479 e. The number of rotatable bonds is 17. The molecule has 4 unspecified atom stereocenters. The molecule has 6 rings (SSSR count). The molecule has 2 saturated heterocycles. The van der Waals surface area contributed by atoms with Gasteiger partial charge in [-0.2, -0.15) is 0 Å². The molecule has 0 bridgehead atoms. The lowest BCUT2D eigenvalue weighted by Gasteiger charge is -2.28. The Hall–Kier alpha value is -6.52. The molecule has 0 aromatic heterocycles. The summed E-state index contributed by atoms with van der Waals surface area (Å²) >= 11 is 0. The molecule has 2 heterocycles. The zero-order chi connectivity index (χ0) is 44.8. The number of carboxylic acids is 1. The molecule has 2 fully saturated rings. The molecular formula is C46H50F2N4O10. The number of carboxylic acid groups (broad SMARTS) is 1. The zero-order valence-electron chi connectivity index (χ0n) is 34.1. The number of halogens is 2. The van der Waals surface area contributed by atoms with Crippen molar-refractivity contribution in [1.82, 2.24) is 20.4 Å². The fraction of sp³-hybridized carbons (Fsp3) is 0.348. The summed E-state index contributed by atoms with van der Waals surface area (Å²) in [6.07, 6.45) is -2.28. The van der Waals surface area contributed by atoms with E-state index in [1.165, 1.54) is 28.0 Å². The summed E-state index contributed by atoms with van der Waals surface area (Å²) in [6.45, 7) is 1.62. The molecule has 0 spiro atoms. The van der Waals surface area contributed by atoms with Crippen LogP contribution in [0.15, 0.2) is 109 Å². The van der Waals surface area contributed by atoms with Gasteiger partial charge in [-0.25, -0.2) is 18.4 Å². The Kier molecular flexibility index (Phi) is 16.8. The number of carbonyl (C=O) groups is 6. The lowest BCUT2D eigenvalue weighted by molar-refractivity contribution is -0.155. The van der Waals surface area contributed by atoms with Crippen LogP contribution in [0.3, 0.4) is 0 Å². The van der Waals surface area contributed by atoms with Gasteiger partial charge >= 0.3 is 11.9 Å². The number of hydrogen-bond donors (Lipinski definition) is 5. The second-order valence-electron chi connectivity index (χ2n) is 14.9.